The van der Waals surface area contributed by atoms with Crippen LogP contribution in [0, 0.1) is 0 Å². The third-order valence-electron chi connectivity index (χ3n) is 4.36. The molecule has 2 aromatic rings. The van der Waals surface area contributed by atoms with Crippen LogP contribution in [0.15, 0.2) is 42.5 Å². The van der Waals surface area contributed by atoms with Gasteiger partial charge in [0.1, 0.15) is 11.5 Å². The number of ether oxygens (including phenoxy) is 1. The average Bonchev–Trinajstić information content (AvgIpc) is 2.64. The molecule has 1 aliphatic rings. The molecule has 1 unspecified atom stereocenters. The van der Waals surface area contributed by atoms with E-state index in [4.69, 9.17) is 27.9 Å². The molecule has 138 valence electrons. The highest BCUT2D eigenvalue weighted by Gasteiger charge is 2.27. The maximum absolute atomic E-state index is 12.7. The topological polar surface area (TPSA) is 53.0 Å². The number of carbonyl (C=O) groups excluding carboxylic acids is 1. The second-order valence-corrected chi connectivity index (χ2v) is 6.98. The van der Waals surface area contributed by atoms with E-state index in [1.165, 1.54) is 0 Å². The highest BCUT2D eigenvalue weighted by molar-refractivity contribution is 6.35. The Morgan fingerprint density at radius 3 is 2.46 bits per heavy atom. The summed E-state index contributed by atoms with van der Waals surface area (Å²) < 4.78 is 5.71. The highest BCUT2D eigenvalue weighted by Crippen LogP contribution is 2.29. The first kappa shape index (κ1) is 18.7. The maximum atomic E-state index is 12.7. The van der Waals surface area contributed by atoms with Crippen LogP contribution >= 0.6 is 23.2 Å². The van der Waals surface area contributed by atoms with E-state index >= 15 is 0 Å². The quantitative estimate of drug-likeness (QED) is 0.856. The van der Waals surface area contributed by atoms with Crippen LogP contribution in [0.4, 0.5) is 5.69 Å². The van der Waals surface area contributed by atoms with Crippen molar-refractivity contribution in [3.05, 3.63) is 52.5 Å². The molecule has 0 saturated carbocycles. The fraction of sp³-hybridized carbons (Fsp3) is 0.316. The van der Waals surface area contributed by atoms with Crippen LogP contribution < -0.4 is 9.64 Å². The van der Waals surface area contributed by atoms with Crippen LogP contribution in [-0.4, -0.2) is 48.2 Å². The number of benzene rings is 2. The van der Waals surface area contributed by atoms with Gasteiger partial charge in [-0.2, -0.15) is 0 Å². The number of piperazine rings is 1. The van der Waals surface area contributed by atoms with Crippen molar-refractivity contribution in [3.63, 3.8) is 0 Å². The van der Waals surface area contributed by atoms with Gasteiger partial charge in [-0.05, 0) is 37.3 Å². The number of phenolic OH excluding ortho intramolecular Hbond substituents is 1. The van der Waals surface area contributed by atoms with Crippen LogP contribution in [0.2, 0.25) is 10.0 Å². The number of nitrogens with zero attached hydrogens (tertiary/aromatic N) is 2. The van der Waals surface area contributed by atoms with Gasteiger partial charge >= 0.3 is 0 Å². The molecule has 1 fully saturated rings. The summed E-state index contributed by atoms with van der Waals surface area (Å²) in [6.45, 7) is 4.14. The molecule has 1 atom stereocenters. The molecule has 0 radical (unpaired) electrons. The Balaban J connectivity index is 1.58. The van der Waals surface area contributed by atoms with Crippen molar-refractivity contribution in [2.45, 2.75) is 13.0 Å². The van der Waals surface area contributed by atoms with Gasteiger partial charge in [0, 0.05) is 31.2 Å². The van der Waals surface area contributed by atoms with Gasteiger partial charge in [-0.3, -0.25) is 4.79 Å². The first-order chi connectivity index (χ1) is 12.5. The minimum absolute atomic E-state index is 0.0899. The predicted molar refractivity (Wildman–Crippen MR) is 103 cm³/mol. The highest BCUT2D eigenvalue weighted by atomic mass is 35.5. The molecule has 0 aromatic heterocycles. The molecular formula is C19H20Cl2N2O3. The molecule has 7 heteroatoms. The number of carbonyl (C=O) groups is 1. The monoisotopic (exact) mass is 394 g/mol. The number of anilines is 1. The fourth-order valence-corrected chi connectivity index (χ4v) is 3.42. The van der Waals surface area contributed by atoms with Crippen molar-refractivity contribution >= 4 is 34.8 Å². The van der Waals surface area contributed by atoms with Gasteiger partial charge in [-0.15, -0.1) is 0 Å². The SMILES string of the molecule is CC(Oc1ccc(Cl)cc1Cl)C(=O)N1CCN(c2ccccc2O)CC1. The number of hydrogen-bond acceptors (Lipinski definition) is 4. The zero-order chi connectivity index (χ0) is 18.7. The lowest BCUT2D eigenvalue weighted by atomic mass is 10.2. The number of phenols is 1. The summed E-state index contributed by atoms with van der Waals surface area (Å²) in [6, 6.07) is 12.1. The van der Waals surface area contributed by atoms with E-state index in [2.05, 4.69) is 4.90 Å². The van der Waals surface area contributed by atoms with Crippen molar-refractivity contribution < 1.29 is 14.6 Å². The van der Waals surface area contributed by atoms with E-state index < -0.39 is 6.10 Å². The molecule has 26 heavy (non-hydrogen) atoms. The van der Waals surface area contributed by atoms with Crippen molar-refractivity contribution in [1.29, 1.82) is 0 Å². The molecule has 1 heterocycles. The van der Waals surface area contributed by atoms with Gasteiger partial charge in [-0.1, -0.05) is 35.3 Å². The molecule has 1 aliphatic heterocycles. The first-order valence-electron chi connectivity index (χ1n) is 8.39. The van der Waals surface area contributed by atoms with Crippen molar-refractivity contribution in [3.8, 4) is 11.5 Å². The predicted octanol–water partition coefficient (Wildman–Crippen LogP) is 3.82. The Hall–Kier alpha value is -2.11. The summed E-state index contributed by atoms with van der Waals surface area (Å²) in [5, 5.41) is 10.9. The summed E-state index contributed by atoms with van der Waals surface area (Å²) in [4.78, 5) is 16.5. The molecular weight excluding hydrogens is 375 g/mol. The Kier molecular flexibility index (Phi) is 5.79. The van der Waals surface area contributed by atoms with Crippen molar-refractivity contribution in [2.75, 3.05) is 31.1 Å². The lowest BCUT2D eigenvalue weighted by Gasteiger charge is -2.37. The molecule has 5 nitrogen and oxygen atoms in total. The first-order valence-corrected chi connectivity index (χ1v) is 9.14. The molecule has 1 saturated heterocycles. The lowest BCUT2D eigenvalue weighted by Crippen LogP contribution is -2.52. The van der Waals surface area contributed by atoms with E-state index in [0.717, 1.165) is 5.69 Å². The van der Waals surface area contributed by atoms with E-state index in [-0.39, 0.29) is 11.7 Å². The molecule has 0 aliphatic carbocycles. The van der Waals surface area contributed by atoms with Crippen LogP contribution in [0.25, 0.3) is 0 Å². The molecule has 2 aromatic carbocycles. The van der Waals surface area contributed by atoms with Crippen LogP contribution in [0.3, 0.4) is 0 Å². The summed E-state index contributed by atoms with van der Waals surface area (Å²) in [7, 11) is 0. The van der Waals surface area contributed by atoms with Gasteiger partial charge in [0.2, 0.25) is 0 Å². The number of rotatable bonds is 4. The second-order valence-electron chi connectivity index (χ2n) is 6.14. The second kappa shape index (κ2) is 8.06. The van der Waals surface area contributed by atoms with Crippen molar-refractivity contribution in [1.82, 2.24) is 4.90 Å². The molecule has 3 rings (SSSR count). The number of aromatic hydroxyl groups is 1. The Labute approximate surface area is 162 Å². The van der Waals surface area contributed by atoms with E-state index in [1.807, 2.05) is 12.1 Å². The van der Waals surface area contributed by atoms with E-state index in [0.29, 0.717) is 42.0 Å². The maximum Gasteiger partial charge on any atom is 0.263 e. The molecule has 0 bridgehead atoms. The van der Waals surface area contributed by atoms with Crippen molar-refractivity contribution in [2.24, 2.45) is 0 Å². The Morgan fingerprint density at radius 1 is 1.12 bits per heavy atom. The van der Waals surface area contributed by atoms with E-state index in [1.54, 1.807) is 42.2 Å². The number of halogens is 2. The third kappa shape index (κ3) is 4.17. The number of hydrogen-bond donors (Lipinski definition) is 1. The normalized spacial score (nSPS) is 15.7. The summed E-state index contributed by atoms with van der Waals surface area (Å²) in [5.74, 6) is 0.596. The largest absolute Gasteiger partial charge is 0.506 e. The Morgan fingerprint density at radius 2 is 1.81 bits per heavy atom. The summed E-state index contributed by atoms with van der Waals surface area (Å²) >= 11 is 12.0. The fourth-order valence-electron chi connectivity index (χ4n) is 2.97. The summed E-state index contributed by atoms with van der Waals surface area (Å²) in [5.41, 5.74) is 0.789. The average molecular weight is 395 g/mol. The zero-order valence-corrected chi connectivity index (χ0v) is 15.9. The van der Waals surface area contributed by atoms with Crippen LogP contribution in [0.5, 0.6) is 11.5 Å². The van der Waals surface area contributed by atoms with Crippen LogP contribution in [0.1, 0.15) is 6.92 Å². The molecule has 1 amide bonds. The Bertz CT molecular complexity index is 792. The van der Waals surface area contributed by atoms with E-state index in [9.17, 15) is 9.90 Å². The van der Waals surface area contributed by atoms with Gasteiger partial charge in [0.25, 0.3) is 5.91 Å². The van der Waals surface area contributed by atoms with Gasteiger partial charge in [0.15, 0.2) is 6.10 Å². The van der Waals surface area contributed by atoms with Crippen LogP contribution in [-0.2, 0) is 4.79 Å². The van der Waals surface area contributed by atoms with Gasteiger partial charge in [0.05, 0.1) is 10.7 Å². The lowest BCUT2D eigenvalue weighted by molar-refractivity contribution is -0.138. The standard InChI is InChI=1S/C19H20Cl2N2O3/c1-13(26-18-7-6-14(20)12-15(18)21)19(25)23-10-8-22(9-11-23)16-4-2-3-5-17(16)24/h2-7,12-13,24H,8-11H2,1H3. The number of para-hydroxylation sites is 2. The minimum atomic E-state index is -0.648. The molecule has 1 N–H and O–H groups in total. The summed E-state index contributed by atoms with van der Waals surface area (Å²) in [6.07, 6.45) is -0.648. The smallest absolute Gasteiger partial charge is 0.263 e. The van der Waals surface area contributed by atoms with Gasteiger partial charge < -0.3 is 19.6 Å². The zero-order valence-electron chi connectivity index (χ0n) is 14.4. The number of amides is 1. The van der Waals surface area contributed by atoms with Gasteiger partial charge in [-0.25, -0.2) is 0 Å². The third-order valence-corrected chi connectivity index (χ3v) is 4.89. The molecule has 0 spiro atoms. The minimum Gasteiger partial charge on any atom is -0.506 e.